The number of carbonyl (C=O) groups is 1. The largest absolute Gasteiger partial charge is 0.445 e. The van der Waals surface area contributed by atoms with Gasteiger partial charge in [0, 0.05) is 15.9 Å². The van der Waals surface area contributed by atoms with Crippen LogP contribution in [0.25, 0.3) is 10.8 Å². The molecule has 0 aromatic heterocycles. The maximum absolute atomic E-state index is 11.5. The summed E-state index contributed by atoms with van der Waals surface area (Å²) in [6.45, 7) is 4.06. The van der Waals surface area contributed by atoms with Crippen LogP contribution in [0.4, 0.5) is 4.79 Å². The molecule has 19 heavy (non-hydrogen) atoms. The number of carbonyl (C=O) groups excluding carboxylic acids is 1. The molecule has 1 N–H and O–H groups in total. The van der Waals surface area contributed by atoms with E-state index in [-0.39, 0.29) is 18.7 Å². The van der Waals surface area contributed by atoms with Crippen molar-refractivity contribution in [3.63, 3.8) is 0 Å². The van der Waals surface area contributed by atoms with Crippen LogP contribution < -0.4 is 5.32 Å². The lowest BCUT2D eigenvalue weighted by atomic mass is 10.1. The number of amides is 1. The Labute approximate surface area is 121 Å². The Balaban J connectivity index is 2.19. The molecule has 0 saturated heterocycles. The smallest absolute Gasteiger partial charge is 0.407 e. The third-order valence-corrected chi connectivity index (χ3v) is 3.37. The lowest BCUT2D eigenvalue weighted by Gasteiger charge is -2.11. The number of rotatable bonds is 3. The van der Waals surface area contributed by atoms with Crippen molar-refractivity contribution in [2.75, 3.05) is 0 Å². The molecule has 0 aliphatic carbocycles. The highest BCUT2D eigenvalue weighted by atomic mass is 79.9. The molecule has 0 fully saturated rings. The van der Waals surface area contributed by atoms with E-state index in [1.807, 2.05) is 50.2 Å². The zero-order valence-corrected chi connectivity index (χ0v) is 12.5. The highest BCUT2D eigenvalue weighted by Gasteiger charge is 2.08. The summed E-state index contributed by atoms with van der Waals surface area (Å²) < 4.78 is 6.24. The number of benzene rings is 2. The molecule has 0 bridgehead atoms. The van der Waals surface area contributed by atoms with Gasteiger partial charge in [0.2, 0.25) is 0 Å². The molecule has 0 aliphatic rings. The van der Waals surface area contributed by atoms with Gasteiger partial charge in [-0.05, 0) is 30.9 Å². The van der Waals surface area contributed by atoms with E-state index in [1.165, 1.54) is 0 Å². The van der Waals surface area contributed by atoms with Gasteiger partial charge in [0.15, 0.2) is 0 Å². The number of nitrogens with one attached hydrogen (secondary N) is 1. The predicted octanol–water partition coefficient (Wildman–Crippen LogP) is 4.24. The van der Waals surface area contributed by atoms with Crippen molar-refractivity contribution in [2.45, 2.75) is 26.5 Å². The molecular formula is C15H16BrNO2. The van der Waals surface area contributed by atoms with Crippen LogP contribution in [-0.2, 0) is 11.3 Å². The molecule has 2 aromatic rings. The summed E-state index contributed by atoms with van der Waals surface area (Å²) >= 11 is 3.54. The molecule has 3 nitrogen and oxygen atoms in total. The molecule has 1 amide bonds. The van der Waals surface area contributed by atoms with Gasteiger partial charge in [-0.2, -0.15) is 0 Å². The van der Waals surface area contributed by atoms with Crippen LogP contribution >= 0.6 is 15.9 Å². The van der Waals surface area contributed by atoms with E-state index in [1.54, 1.807) is 0 Å². The number of hydrogen-bond acceptors (Lipinski definition) is 2. The van der Waals surface area contributed by atoms with E-state index in [0.717, 1.165) is 20.8 Å². The topological polar surface area (TPSA) is 38.3 Å². The zero-order chi connectivity index (χ0) is 13.8. The molecule has 2 aromatic carbocycles. The highest BCUT2D eigenvalue weighted by Crippen LogP contribution is 2.27. The Morgan fingerprint density at radius 1 is 1.26 bits per heavy atom. The molecule has 0 spiro atoms. The molecule has 0 radical (unpaired) electrons. The van der Waals surface area contributed by atoms with E-state index in [0.29, 0.717) is 0 Å². The molecule has 0 atom stereocenters. The molecule has 4 heteroatoms. The Kier molecular flexibility index (Phi) is 4.43. The third-order valence-electron chi connectivity index (χ3n) is 2.71. The number of halogens is 1. The van der Waals surface area contributed by atoms with Crippen molar-refractivity contribution in [1.82, 2.24) is 5.32 Å². The Morgan fingerprint density at radius 3 is 2.63 bits per heavy atom. The van der Waals surface area contributed by atoms with Crippen molar-refractivity contribution >= 4 is 32.8 Å². The van der Waals surface area contributed by atoms with Crippen LogP contribution in [-0.4, -0.2) is 12.1 Å². The fourth-order valence-electron chi connectivity index (χ4n) is 1.91. The SMILES string of the molecule is CC(C)NC(=O)OCc1cccc2cccc(Br)c12. The van der Waals surface area contributed by atoms with Gasteiger partial charge in [0.1, 0.15) is 6.61 Å². The molecule has 2 rings (SSSR count). The average molecular weight is 322 g/mol. The summed E-state index contributed by atoms with van der Waals surface area (Å²) in [5.74, 6) is 0. The van der Waals surface area contributed by atoms with E-state index in [4.69, 9.17) is 4.74 Å². The van der Waals surface area contributed by atoms with E-state index >= 15 is 0 Å². The van der Waals surface area contributed by atoms with Crippen LogP contribution in [0.5, 0.6) is 0 Å². The summed E-state index contributed by atoms with van der Waals surface area (Å²) in [5, 5.41) is 4.91. The summed E-state index contributed by atoms with van der Waals surface area (Å²) in [4.78, 5) is 11.5. The van der Waals surface area contributed by atoms with E-state index in [9.17, 15) is 4.79 Å². The van der Waals surface area contributed by atoms with Crippen molar-refractivity contribution in [3.05, 3.63) is 46.4 Å². The fourth-order valence-corrected chi connectivity index (χ4v) is 2.55. The minimum Gasteiger partial charge on any atom is -0.445 e. The van der Waals surface area contributed by atoms with Crippen molar-refractivity contribution in [1.29, 1.82) is 0 Å². The van der Waals surface area contributed by atoms with E-state index < -0.39 is 0 Å². The first kappa shape index (κ1) is 13.9. The van der Waals surface area contributed by atoms with E-state index in [2.05, 4.69) is 21.2 Å². The first-order valence-electron chi connectivity index (χ1n) is 6.17. The standard InChI is InChI=1S/C15H16BrNO2/c1-10(2)17-15(18)19-9-12-7-3-5-11-6-4-8-13(16)14(11)12/h3-8,10H,9H2,1-2H3,(H,17,18). The first-order valence-corrected chi connectivity index (χ1v) is 6.96. The second-order valence-corrected chi connectivity index (χ2v) is 5.48. The Hall–Kier alpha value is -1.55. The molecule has 0 heterocycles. The monoisotopic (exact) mass is 321 g/mol. The van der Waals surface area contributed by atoms with Crippen LogP contribution in [0.3, 0.4) is 0 Å². The van der Waals surface area contributed by atoms with Gasteiger partial charge in [-0.25, -0.2) is 4.79 Å². The lowest BCUT2D eigenvalue weighted by molar-refractivity contribution is 0.137. The zero-order valence-electron chi connectivity index (χ0n) is 10.9. The van der Waals surface area contributed by atoms with Gasteiger partial charge in [-0.3, -0.25) is 0 Å². The highest BCUT2D eigenvalue weighted by molar-refractivity contribution is 9.10. The number of ether oxygens (including phenoxy) is 1. The maximum Gasteiger partial charge on any atom is 0.407 e. The number of alkyl carbamates (subject to hydrolysis) is 1. The fraction of sp³-hybridized carbons (Fsp3) is 0.267. The van der Waals surface area contributed by atoms with Gasteiger partial charge in [-0.1, -0.05) is 46.3 Å². The molecule has 0 unspecified atom stereocenters. The Morgan fingerprint density at radius 2 is 1.95 bits per heavy atom. The molecule has 0 aliphatic heterocycles. The summed E-state index contributed by atoms with van der Waals surface area (Å²) in [6.07, 6.45) is -0.390. The van der Waals surface area contributed by atoms with Crippen molar-refractivity contribution in [2.24, 2.45) is 0 Å². The summed E-state index contributed by atoms with van der Waals surface area (Å²) in [5.41, 5.74) is 0.990. The maximum atomic E-state index is 11.5. The number of hydrogen-bond donors (Lipinski definition) is 1. The third kappa shape index (κ3) is 3.47. The predicted molar refractivity (Wildman–Crippen MR) is 80.1 cm³/mol. The van der Waals surface area contributed by atoms with Crippen molar-refractivity contribution in [3.8, 4) is 0 Å². The van der Waals surface area contributed by atoms with Gasteiger partial charge in [-0.15, -0.1) is 0 Å². The van der Waals surface area contributed by atoms with Crippen LogP contribution in [0.15, 0.2) is 40.9 Å². The minimum atomic E-state index is -0.390. The number of fused-ring (bicyclic) bond motifs is 1. The van der Waals surface area contributed by atoms with Crippen LogP contribution in [0.1, 0.15) is 19.4 Å². The normalized spacial score (nSPS) is 10.7. The first-order chi connectivity index (χ1) is 9.08. The molecular weight excluding hydrogens is 306 g/mol. The van der Waals surface area contributed by atoms with Gasteiger partial charge in [0.05, 0.1) is 0 Å². The van der Waals surface area contributed by atoms with Crippen molar-refractivity contribution < 1.29 is 9.53 Å². The lowest BCUT2D eigenvalue weighted by Crippen LogP contribution is -2.30. The second-order valence-electron chi connectivity index (χ2n) is 4.63. The molecule has 0 saturated carbocycles. The summed E-state index contributed by atoms with van der Waals surface area (Å²) in [6, 6.07) is 12.1. The molecule has 100 valence electrons. The van der Waals surface area contributed by atoms with Crippen LogP contribution in [0.2, 0.25) is 0 Å². The van der Waals surface area contributed by atoms with Gasteiger partial charge >= 0.3 is 6.09 Å². The second kappa shape index (κ2) is 6.06. The average Bonchev–Trinajstić information content (AvgIpc) is 2.35. The van der Waals surface area contributed by atoms with Gasteiger partial charge in [0.25, 0.3) is 0 Å². The Bertz CT molecular complexity index is 590. The van der Waals surface area contributed by atoms with Crippen LogP contribution in [0, 0.1) is 0 Å². The quantitative estimate of drug-likeness (QED) is 0.918. The van der Waals surface area contributed by atoms with Gasteiger partial charge < -0.3 is 10.1 Å². The summed E-state index contributed by atoms with van der Waals surface area (Å²) in [7, 11) is 0. The minimum absolute atomic E-state index is 0.0757.